The number of nitrogens with zero attached hydrogens (tertiary/aromatic N) is 2. The number of carbonyl (C=O) groups excluding carboxylic acids is 2. The van der Waals surface area contributed by atoms with Gasteiger partial charge in [0, 0.05) is 28.2 Å². The van der Waals surface area contributed by atoms with Crippen molar-refractivity contribution in [2.24, 2.45) is 0 Å². The predicted molar refractivity (Wildman–Crippen MR) is 118 cm³/mol. The van der Waals surface area contributed by atoms with Gasteiger partial charge in [-0.05, 0) is 68.7 Å². The minimum Gasteiger partial charge on any atom is -0.462 e. The number of esters is 1. The second-order valence-electron chi connectivity index (χ2n) is 6.49. The van der Waals surface area contributed by atoms with Gasteiger partial charge in [-0.1, -0.05) is 11.8 Å². The van der Waals surface area contributed by atoms with Gasteiger partial charge in [0.05, 0.1) is 6.61 Å². The molecule has 2 aromatic heterocycles. The molecule has 0 bridgehead atoms. The third-order valence-electron chi connectivity index (χ3n) is 4.46. The average Bonchev–Trinajstić information content (AvgIpc) is 3.11. The van der Waals surface area contributed by atoms with Gasteiger partial charge >= 0.3 is 5.97 Å². The van der Waals surface area contributed by atoms with Gasteiger partial charge in [0.2, 0.25) is 5.91 Å². The number of carbonyl (C=O) groups is 2. The van der Waals surface area contributed by atoms with Crippen LogP contribution in [0.25, 0.3) is 10.1 Å². The number of anilines is 1. The standard InChI is InChI=1S/C21H23N3O3S2/c1-5-27-20(26)18-11-14-10-15(6-8-17(14)29-18)24-19(25)9-7-16-12(2)22-21(28-4)23-13(16)3/h6,8,10-11H,5,7,9H2,1-4H3,(H,24,25). The first-order valence-corrected chi connectivity index (χ1v) is 11.3. The number of aryl methyl sites for hydroxylation is 2. The quantitative estimate of drug-likeness (QED) is 0.331. The minimum absolute atomic E-state index is 0.0714. The first-order chi connectivity index (χ1) is 13.9. The van der Waals surface area contributed by atoms with Crippen LogP contribution in [0.1, 0.15) is 40.0 Å². The molecule has 8 heteroatoms. The highest BCUT2D eigenvalue weighted by Gasteiger charge is 2.13. The zero-order valence-electron chi connectivity index (χ0n) is 16.9. The number of rotatable bonds is 7. The minimum atomic E-state index is -0.320. The van der Waals surface area contributed by atoms with Crippen LogP contribution in [0.4, 0.5) is 5.69 Å². The van der Waals surface area contributed by atoms with Crippen molar-refractivity contribution in [2.75, 3.05) is 18.2 Å². The van der Waals surface area contributed by atoms with Gasteiger partial charge in [0.25, 0.3) is 0 Å². The number of hydrogen-bond donors (Lipinski definition) is 1. The van der Waals surface area contributed by atoms with E-state index in [0.717, 1.165) is 32.2 Å². The molecule has 0 fully saturated rings. The number of fused-ring (bicyclic) bond motifs is 1. The van der Waals surface area contributed by atoms with Crippen molar-refractivity contribution in [3.63, 3.8) is 0 Å². The SMILES string of the molecule is CCOC(=O)c1cc2cc(NC(=O)CCc3c(C)nc(SC)nc3C)ccc2s1. The summed E-state index contributed by atoms with van der Waals surface area (Å²) < 4.78 is 6.03. The largest absolute Gasteiger partial charge is 0.462 e. The first-order valence-electron chi connectivity index (χ1n) is 9.30. The molecule has 0 spiro atoms. The molecular formula is C21H23N3O3S2. The second-order valence-corrected chi connectivity index (χ2v) is 8.35. The Balaban J connectivity index is 1.66. The molecule has 1 aromatic carbocycles. The molecule has 1 N–H and O–H groups in total. The summed E-state index contributed by atoms with van der Waals surface area (Å²) in [5.74, 6) is -0.391. The second kappa shape index (κ2) is 9.37. The number of aromatic nitrogens is 2. The van der Waals surface area contributed by atoms with Crippen LogP contribution in [0, 0.1) is 13.8 Å². The molecule has 3 aromatic rings. The van der Waals surface area contributed by atoms with Crippen molar-refractivity contribution >= 4 is 50.7 Å². The number of benzene rings is 1. The molecule has 0 saturated carbocycles. The highest BCUT2D eigenvalue weighted by Crippen LogP contribution is 2.29. The third-order valence-corrected chi connectivity index (χ3v) is 6.11. The van der Waals surface area contributed by atoms with Gasteiger partial charge in [-0.2, -0.15) is 0 Å². The van der Waals surface area contributed by atoms with E-state index in [-0.39, 0.29) is 11.9 Å². The smallest absolute Gasteiger partial charge is 0.348 e. The number of ether oxygens (including phenoxy) is 1. The normalized spacial score (nSPS) is 10.9. The van der Waals surface area contributed by atoms with Crippen molar-refractivity contribution < 1.29 is 14.3 Å². The van der Waals surface area contributed by atoms with Crippen LogP contribution in [0.2, 0.25) is 0 Å². The molecule has 0 unspecified atom stereocenters. The van der Waals surface area contributed by atoms with Crippen molar-refractivity contribution in [1.82, 2.24) is 9.97 Å². The lowest BCUT2D eigenvalue weighted by Gasteiger charge is -2.10. The monoisotopic (exact) mass is 429 g/mol. The fourth-order valence-corrected chi connectivity index (χ4v) is 4.44. The van der Waals surface area contributed by atoms with E-state index >= 15 is 0 Å². The van der Waals surface area contributed by atoms with Crippen molar-refractivity contribution in [3.8, 4) is 0 Å². The Morgan fingerprint density at radius 2 is 1.90 bits per heavy atom. The molecule has 0 aliphatic rings. The third kappa shape index (κ3) is 5.13. The molecule has 1 amide bonds. The topological polar surface area (TPSA) is 81.2 Å². The number of hydrogen-bond acceptors (Lipinski definition) is 7. The van der Waals surface area contributed by atoms with E-state index in [0.29, 0.717) is 30.0 Å². The van der Waals surface area contributed by atoms with Gasteiger partial charge < -0.3 is 10.1 Å². The fraction of sp³-hybridized carbons (Fsp3) is 0.333. The Kier molecular flexibility index (Phi) is 6.87. The van der Waals surface area contributed by atoms with Crippen LogP contribution < -0.4 is 5.32 Å². The van der Waals surface area contributed by atoms with E-state index in [1.54, 1.807) is 13.0 Å². The molecule has 0 saturated heterocycles. The van der Waals surface area contributed by atoms with Crippen LogP contribution in [-0.4, -0.2) is 34.7 Å². The molecule has 0 aliphatic heterocycles. The van der Waals surface area contributed by atoms with Gasteiger partial charge in [-0.25, -0.2) is 14.8 Å². The van der Waals surface area contributed by atoms with Crippen LogP contribution in [0.3, 0.4) is 0 Å². The molecule has 6 nitrogen and oxygen atoms in total. The Hall–Kier alpha value is -2.45. The fourth-order valence-electron chi connectivity index (χ4n) is 3.05. The Bertz CT molecular complexity index is 1040. The molecule has 0 radical (unpaired) electrons. The Morgan fingerprint density at radius 3 is 2.55 bits per heavy atom. The average molecular weight is 430 g/mol. The van der Waals surface area contributed by atoms with Crippen molar-refractivity contribution in [2.45, 2.75) is 38.8 Å². The van der Waals surface area contributed by atoms with E-state index < -0.39 is 0 Å². The van der Waals surface area contributed by atoms with Crippen LogP contribution in [0.5, 0.6) is 0 Å². The van der Waals surface area contributed by atoms with E-state index in [2.05, 4.69) is 15.3 Å². The first kappa shape index (κ1) is 21.3. The number of thiophene rings is 1. The van der Waals surface area contributed by atoms with Gasteiger partial charge in [-0.15, -0.1) is 11.3 Å². The summed E-state index contributed by atoms with van der Waals surface area (Å²) in [4.78, 5) is 33.8. The molecule has 3 rings (SSSR count). The summed E-state index contributed by atoms with van der Waals surface area (Å²) in [6, 6.07) is 7.42. The number of amides is 1. The highest BCUT2D eigenvalue weighted by molar-refractivity contribution is 7.98. The zero-order valence-corrected chi connectivity index (χ0v) is 18.5. The highest BCUT2D eigenvalue weighted by atomic mass is 32.2. The molecule has 2 heterocycles. The van der Waals surface area contributed by atoms with Crippen molar-refractivity contribution in [3.05, 3.63) is 46.1 Å². The van der Waals surface area contributed by atoms with Gasteiger partial charge in [-0.3, -0.25) is 4.79 Å². The number of nitrogens with one attached hydrogen (secondary N) is 1. The molecule has 0 atom stereocenters. The maximum Gasteiger partial charge on any atom is 0.348 e. The maximum atomic E-state index is 12.4. The molecule has 0 aliphatic carbocycles. The summed E-state index contributed by atoms with van der Waals surface area (Å²) in [6.45, 7) is 6.03. The van der Waals surface area contributed by atoms with Crippen molar-refractivity contribution in [1.29, 1.82) is 0 Å². The molecule has 152 valence electrons. The van der Waals surface area contributed by atoms with E-state index in [1.165, 1.54) is 23.1 Å². The summed E-state index contributed by atoms with van der Waals surface area (Å²) >= 11 is 2.89. The van der Waals surface area contributed by atoms with E-state index in [9.17, 15) is 9.59 Å². The summed E-state index contributed by atoms with van der Waals surface area (Å²) in [7, 11) is 0. The van der Waals surface area contributed by atoms with E-state index in [4.69, 9.17) is 4.74 Å². The van der Waals surface area contributed by atoms with Gasteiger partial charge in [0.1, 0.15) is 4.88 Å². The summed E-state index contributed by atoms with van der Waals surface area (Å²) in [6.07, 6.45) is 2.88. The number of thioether (sulfide) groups is 1. The Labute approximate surface area is 178 Å². The lowest BCUT2D eigenvalue weighted by molar-refractivity contribution is -0.116. The summed E-state index contributed by atoms with van der Waals surface area (Å²) in [5, 5.41) is 4.59. The van der Waals surface area contributed by atoms with Gasteiger partial charge in [0.15, 0.2) is 5.16 Å². The maximum absolute atomic E-state index is 12.4. The van der Waals surface area contributed by atoms with Crippen LogP contribution in [0.15, 0.2) is 29.4 Å². The predicted octanol–water partition coefficient (Wildman–Crippen LogP) is 4.78. The van der Waals surface area contributed by atoms with Crippen LogP contribution in [-0.2, 0) is 16.0 Å². The molecule has 29 heavy (non-hydrogen) atoms. The molecular weight excluding hydrogens is 406 g/mol. The van der Waals surface area contributed by atoms with Crippen LogP contribution >= 0.6 is 23.1 Å². The lowest BCUT2D eigenvalue weighted by Crippen LogP contribution is -2.13. The van der Waals surface area contributed by atoms with E-state index in [1.807, 2.05) is 38.3 Å². The summed E-state index contributed by atoms with van der Waals surface area (Å²) in [5.41, 5.74) is 3.56. The Morgan fingerprint density at radius 1 is 1.17 bits per heavy atom. The lowest BCUT2D eigenvalue weighted by atomic mass is 10.1. The zero-order chi connectivity index (χ0) is 21.0.